The number of hydrogen-bond acceptors (Lipinski definition) is 5. The van der Waals surface area contributed by atoms with Crippen molar-refractivity contribution in [3.63, 3.8) is 0 Å². The molecule has 2 heterocycles. The summed E-state index contributed by atoms with van der Waals surface area (Å²) in [4.78, 5) is 18.6. The van der Waals surface area contributed by atoms with Gasteiger partial charge in [0.05, 0.1) is 6.61 Å². The van der Waals surface area contributed by atoms with E-state index in [-0.39, 0.29) is 5.91 Å². The number of rotatable bonds is 7. The van der Waals surface area contributed by atoms with Crippen molar-refractivity contribution in [2.75, 3.05) is 32.1 Å². The minimum Gasteiger partial charge on any atom is -0.383 e. The van der Waals surface area contributed by atoms with Crippen LogP contribution in [0.5, 0.6) is 0 Å². The van der Waals surface area contributed by atoms with Crippen molar-refractivity contribution in [1.82, 2.24) is 14.7 Å². The van der Waals surface area contributed by atoms with Gasteiger partial charge in [-0.2, -0.15) is 0 Å². The Labute approximate surface area is 150 Å². The summed E-state index contributed by atoms with van der Waals surface area (Å²) in [6, 6.07) is 10.0. The summed E-state index contributed by atoms with van der Waals surface area (Å²) in [5.41, 5.74) is 2.81. The number of carbonyl (C=O) groups excluding carboxylic acids is 1. The van der Waals surface area contributed by atoms with Gasteiger partial charge < -0.3 is 15.4 Å². The molecule has 0 fully saturated rings. The zero-order valence-corrected chi connectivity index (χ0v) is 15.4. The standard InChI is InChI=1S/C18H22N4O2S/c1-4-19-17(23)15-12(2)22-16(20-10-11-24-3)14(21-18(22)25-15)13-8-6-5-7-9-13/h5-9,20H,4,10-11H2,1-3H3,(H,19,23). The summed E-state index contributed by atoms with van der Waals surface area (Å²) < 4.78 is 7.17. The molecule has 0 saturated carbocycles. The Bertz CT molecular complexity index is 870. The van der Waals surface area contributed by atoms with E-state index in [2.05, 4.69) is 10.6 Å². The molecule has 2 aromatic heterocycles. The third kappa shape index (κ3) is 3.38. The van der Waals surface area contributed by atoms with Gasteiger partial charge in [0.15, 0.2) is 4.96 Å². The molecule has 3 aromatic rings. The highest BCUT2D eigenvalue weighted by molar-refractivity contribution is 7.19. The van der Waals surface area contributed by atoms with Crippen molar-refractivity contribution >= 4 is 28.0 Å². The average Bonchev–Trinajstić information content (AvgIpc) is 3.14. The maximum absolute atomic E-state index is 12.3. The maximum Gasteiger partial charge on any atom is 0.263 e. The second-order valence-corrected chi connectivity index (χ2v) is 6.57. The highest BCUT2D eigenvalue weighted by Gasteiger charge is 2.22. The van der Waals surface area contributed by atoms with Gasteiger partial charge in [-0.3, -0.25) is 9.20 Å². The smallest absolute Gasteiger partial charge is 0.263 e. The molecule has 0 atom stereocenters. The Morgan fingerprint density at radius 1 is 1.32 bits per heavy atom. The number of ether oxygens (including phenoxy) is 1. The number of aryl methyl sites for hydroxylation is 1. The van der Waals surface area contributed by atoms with Crippen LogP contribution in [0.1, 0.15) is 22.3 Å². The minimum absolute atomic E-state index is 0.0559. The molecule has 132 valence electrons. The molecule has 3 rings (SSSR count). The lowest BCUT2D eigenvalue weighted by Gasteiger charge is -2.09. The molecular formula is C18H22N4O2S. The van der Waals surface area contributed by atoms with Crippen LogP contribution in [0.3, 0.4) is 0 Å². The van der Waals surface area contributed by atoms with Crippen LogP contribution < -0.4 is 10.6 Å². The second kappa shape index (κ2) is 7.67. The lowest BCUT2D eigenvalue weighted by Crippen LogP contribution is -2.22. The first kappa shape index (κ1) is 17.4. The number of thiazole rings is 1. The van der Waals surface area contributed by atoms with Crippen molar-refractivity contribution < 1.29 is 9.53 Å². The summed E-state index contributed by atoms with van der Waals surface area (Å²) in [5.74, 6) is 0.835. The van der Waals surface area contributed by atoms with E-state index < -0.39 is 0 Å². The number of methoxy groups -OCH3 is 1. The molecule has 2 N–H and O–H groups in total. The molecule has 0 bridgehead atoms. The lowest BCUT2D eigenvalue weighted by atomic mass is 10.1. The highest BCUT2D eigenvalue weighted by Crippen LogP contribution is 2.34. The highest BCUT2D eigenvalue weighted by atomic mass is 32.1. The fourth-order valence-electron chi connectivity index (χ4n) is 2.73. The molecule has 1 aromatic carbocycles. The van der Waals surface area contributed by atoms with Crippen molar-refractivity contribution in [3.8, 4) is 11.3 Å². The molecule has 0 radical (unpaired) electrons. The monoisotopic (exact) mass is 358 g/mol. The predicted molar refractivity (Wildman–Crippen MR) is 102 cm³/mol. The molecule has 0 saturated heterocycles. The van der Waals surface area contributed by atoms with Crippen LogP contribution in [0.4, 0.5) is 5.82 Å². The number of imidazole rings is 1. The van der Waals surface area contributed by atoms with E-state index >= 15 is 0 Å². The van der Waals surface area contributed by atoms with Crippen LogP contribution >= 0.6 is 11.3 Å². The van der Waals surface area contributed by atoms with Gasteiger partial charge in [0.2, 0.25) is 0 Å². The first-order valence-electron chi connectivity index (χ1n) is 8.25. The number of carbonyl (C=O) groups is 1. The summed E-state index contributed by atoms with van der Waals surface area (Å²) in [5, 5.41) is 6.27. The van der Waals surface area contributed by atoms with Crippen LogP contribution in [0.15, 0.2) is 30.3 Å². The topological polar surface area (TPSA) is 67.7 Å². The Morgan fingerprint density at radius 3 is 2.76 bits per heavy atom. The molecule has 0 unspecified atom stereocenters. The second-order valence-electron chi connectivity index (χ2n) is 5.59. The largest absolute Gasteiger partial charge is 0.383 e. The van der Waals surface area contributed by atoms with E-state index in [1.54, 1.807) is 7.11 Å². The van der Waals surface area contributed by atoms with Gasteiger partial charge in [-0.25, -0.2) is 4.98 Å². The number of anilines is 1. The van der Waals surface area contributed by atoms with Gasteiger partial charge >= 0.3 is 0 Å². The average molecular weight is 358 g/mol. The van der Waals surface area contributed by atoms with E-state index in [9.17, 15) is 4.79 Å². The van der Waals surface area contributed by atoms with Gasteiger partial charge in [-0.1, -0.05) is 41.7 Å². The third-order valence-electron chi connectivity index (χ3n) is 3.89. The minimum atomic E-state index is -0.0559. The number of amides is 1. The van der Waals surface area contributed by atoms with Gasteiger partial charge in [-0.15, -0.1) is 0 Å². The fourth-order valence-corrected chi connectivity index (χ4v) is 3.77. The van der Waals surface area contributed by atoms with Crippen molar-refractivity contribution in [3.05, 3.63) is 40.9 Å². The SMILES string of the molecule is CCNC(=O)c1sc2nc(-c3ccccc3)c(NCCOC)n2c1C. The van der Waals surface area contributed by atoms with E-state index in [4.69, 9.17) is 9.72 Å². The third-order valence-corrected chi connectivity index (χ3v) is 5.03. The number of nitrogens with one attached hydrogen (secondary N) is 2. The van der Waals surface area contributed by atoms with E-state index in [0.29, 0.717) is 24.6 Å². The molecule has 0 aliphatic carbocycles. The molecule has 0 aliphatic rings. The molecule has 25 heavy (non-hydrogen) atoms. The zero-order valence-electron chi connectivity index (χ0n) is 14.6. The van der Waals surface area contributed by atoms with Crippen LogP contribution in [-0.4, -0.2) is 42.1 Å². The first-order chi connectivity index (χ1) is 12.2. The Morgan fingerprint density at radius 2 is 2.08 bits per heavy atom. The number of hydrogen-bond donors (Lipinski definition) is 2. The van der Waals surface area contributed by atoms with Gasteiger partial charge in [0.25, 0.3) is 5.91 Å². The van der Waals surface area contributed by atoms with Crippen LogP contribution in [0.25, 0.3) is 16.2 Å². The van der Waals surface area contributed by atoms with Crippen molar-refractivity contribution in [2.45, 2.75) is 13.8 Å². The number of aromatic nitrogens is 2. The van der Waals surface area contributed by atoms with Crippen LogP contribution in [-0.2, 0) is 4.74 Å². The number of nitrogens with zero attached hydrogens (tertiary/aromatic N) is 2. The van der Waals surface area contributed by atoms with Crippen LogP contribution in [0.2, 0.25) is 0 Å². The van der Waals surface area contributed by atoms with Gasteiger partial charge in [0, 0.05) is 31.5 Å². The lowest BCUT2D eigenvalue weighted by molar-refractivity contribution is 0.0959. The number of fused-ring (bicyclic) bond motifs is 1. The van der Waals surface area contributed by atoms with Gasteiger partial charge in [0.1, 0.15) is 16.4 Å². The van der Waals surface area contributed by atoms with Crippen molar-refractivity contribution in [1.29, 1.82) is 0 Å². The van der Waals surface area contributed by atoms with Crippen molar-refractivity contribution in [2.24, 2.45) is 0 Å². The summed E-state index contributed by atoms with van der Waals surface area (Å²) >= 11 is 1.41. The van der Waals surface area contributed by atoms with E-state index in [1.165, 1.54) is 11.3 Å². The summed E-state index contributed by atoms with van der Waals surface area (Å²) in [6.07, 6.45) is 0. The Hall–Kier alpha value is -2.38. The molecular weight excluding hydrogens is 336 g/mol. The predicted octanol–water partition coefficient (Wildman–Crippen LogP) is 3.18. The quantitative estimate of drug-likeness (QED) is 0.637. The molecule has 6 nitrogen and oxygen atoms in total. The Balaban J connectivity index is 2.11. The fraction of sp³-hybridized carbons (Fsp3) is 0.333. The number of benzene rings is 1. The Kier molecular flexibility index (Phi) is 5.35. The first-order valence-corrected chi connectivity index (χ1v) is 9.07. The molecule has 0 aliphatic heterocycles. The molecule has 0 spiro atoms. The summed E-state index contributed by atoms with van der Waals surface area (Å²) in [6.45, 7) is 5.72. The maximum atomic E-state index is 12.3. The summed E-state index contributed by atoms with van der Waals surface area (Å²) in [7, 11) is 1.68. The molecule has 7 heteroatoms. The van der Waals surface area contributed by atoms with Gasteiger partial charge in [-0.05, 0) is 13.8 Å². The zero-order chi connectivity index (χ0) is 17.8. The normalized spacial score (nSPS) is 11.0. The van der Waals surface area contributed by atoms with E-state index in [0.717, 1.165) is 27.7 Å². The van der Waals surface area contributed by atoms with E-state index in [1.807, 2.05) is 48.6 Å². The molecule has 1 amide bonds. The van der Waals surface area contributed by atoms with Crippen LogP contribution in [0, 0.1) is 6.92 Å².